The van der Waals surface area contributed by atoms with E-state index in [0.717, 1.165) is 0 Å². The van der Waals surface area contributed by atoms with E-state index in [0.29, 0.717) is 25.0 Å². The van der Waals surface area contributed by atoms with E-state index in [1.807, 2.05) is 0 Å². The summed E-state index contributed by atoms with van der Waals surface area (Å²) in [4.78, 5) is 23.4. The Bertz CT molecular complexity index is 576. The third-order valence-electron chi connectivity index (χ3n) is 4.42. The van der Waals surface area contributed by atoms with E-state index in [9.17, 15) is 18.4 Å². The zero-order valence-electron chi connectivity index (χ0n) is 13.4. The molecule has 1 aromatic rings. The molecular formula is C17H21F2NO4. The number of carbonyl (C=O) groups excluding carboxylic acids is 1. The molecule has 5 nitrogen and oxygen atoms in total. The highest BCUT2D eigenvalue weighted by molar-refractivity contribution is 5.80. The molecule has 1 aliphatic carbocycles. The molecule has 1 aromatic carbocycles. The number of aliphatic carboxylic acids is 1. The van der Waals surface area contributed by atoms with Crippen LogP contribution in [-0.2, 0) is 9.59 Å². The molecule has 1 saturated carbocycles. The van der Waals surface area contributed by atoms with E-state index in [1.165, 1.54) is 19.2 Å². The fourth-order valence-corrected chi connectivity index (χ4v) is 3.03. The Hall–Kier alpha value is -2.18. The van der Waals surface area contributed by atoms with Gasteiger partial charge in [-0.05, 0) is 37.0 Å². The number of halogens is 2. The van der Waals surface area contributed by atoms with Crippen LogP contribution in [0.25, 0.3) is 0 Å². The minimum atomic E-state index is -2.76. The molecule has 0 saturated heterocycles. The maximum absolute atomic E-state index is 13.4. The molecule has 0 aromatic heterocycles. The SMILES string of the molecule is COc1ccc(C(NC(=O)[C@@H]2CCC[C@H](C(=O)O)C2)C(F)F)cc1. The number of nitrogens with one attached hydrogen (secondary N) is 1. The van der Waals surface area contributed by atoms with Crippen molar-refractivity contribution in [1.29, 1.82) is 0 Å². The van der Waals surface area contributed by atoms with Crippen LogP contribution >= 0.6 is 0 Å². The van der Waals surface area contributed by atoms with E-state index in [2.05, 4.69) is 5.32 Å². The fraction of sp³-hybridized carbons (Fsp3) is 0.529. The van der Waals surface area contributed by atoms with Gasteiger partial charge in [0.1, 0.15) is 11.8 Å². The highest BCUT2D eigenvalue weighted by atomic mass is 19.3. The quantitative estimate of drug-likeness (QED) is 0.834. The number of hydrogen-bond donors (Lipinski definition) is 2. The molecule has 0 spiro atoms. The van der Waals surface area contributed by atoms with Crippen LogP contribution < -0.4 is 10.1 Å². The van der Waals surface area contributed by atoms with Gasteiger partial charge in [0, 0.05) is 5.92 Å². The monoisotopic (exact) mass is 341 g/mol. The molecule has 24 heavy (non-hydrogen) atoms. The average Bonchev–Trinajstić information content (AvgIpc) is 2.59. The number of ether oxygens (including phenoxy) is 1. The lowest BCUT2D eigenvalue weighted by Crippen LogP contribution is -2.39. The second-order valence-corrected chi connectivity index (χ2v) is 5.99. The Morgan fingerprint density at radius 1 is 1.21 bits per heavy atom. The number of rotatable bonds is 6. The van der Waals surface area contributed by atoms with Gasteiger partial charge in [0.2, 0.25) is 5.91 Å². The van der Waals surface area contributed by atoms with E-state index in [4.69, 9.17) is 9.84 Å². The van der Waals surface area contributed by atoms with Gasteiger partial charge < -0.3 is 15.2 Å². The number of carbonyl (C=O) groups is 2. The first-order chi connectivity index (χ1) is 11.4. The summed E-state index contributed by atoms with van der Waals surface area (Å²) in [5, 5.41) is 11.4. The van der Waals surface area contributed by atoms with Crippen LogP contribution in [0, 0.1) is 11.8 Å². The molecule has 2 rings (SSSR count). The molecule has 1 amide bonds. The van der Waals surface area contributed by atoms with Gasteiger partial charge in [-0.1, -0.05) is 18.6 Å². The number of carboxylic acid groups (broad SMARTS) is 1. The molecule has 2 N–H and O–H groups in total. The maximum Gasteiger partial charge on any atom is 0.306 e. The van der Waals surface area contributed by atoms with Crippen molar-refractivity contribution in [3.05, 3.63) is 29.8 Å². The normalized spacial score (nSPS) is 22.0. The van der Waals surface area contributed by atoms with Gasteiger partial charge in [-0.25, -0.2) is 8.78 Å². The Labute approximate surface area is 139 Å². The van der Waals surface area contributed by atoms with E-state index < -0.39 is 36.2 Å². The molecule has 0 bridgehead atoms. The average molecular weight is 341 g/mol. The summed E-state index contributed by atoms with van der Waals surface area (Å²) >= 11 is 0. The first kappa shape index (κ1) is 18.2. The van der Waals surface area contributed by atoms with Crippen LogP contribution in [0.1, 0.15) is 37.3 Å². The standard InChI is InChI=1S/C17H21F2NO4/c1-24-13-7-5-10(6-8-13)14(15(18)19)20-16(21)11-3-2-4-12(9-11)17(22)23/h5-8,11-12,14-15H,2-4,9H2,1H3,(H,20,21)(H,22,23)/t11-,12+,14?/m1/s1. The van der Waals surface area contributed by atoms with Crippen molar-refractivity contribution in [3.8, 4) is 5.75 Å². The van der Waals surface area contributed by atoms with Gasteiger partial charge in [-0.15, -0.1) is 0 Å². The number of methoxy groups -OCH3 is 1. The van der Waals surface area contributed by atoms with Gasteiger partial charge in [-0.3, -0.25) is 9.59 Å². The largest absolute Gasteiger partial charge is 0.497 e. The predicted octanol–water partition coefficient (Wildman–Crippen LogP) is 3.01. The van der Waals surface area contributed by atoms with E-state index in [-0.39, 0.29) is 12.0 Å². The minimum Gasteiger partial charge on any atom is -0.497 e. The second kappa shape index (κ2) is 8.08. The van der Waals surface area contributed by atoms with Crippen LogP contribution in [-0.4, -0.2) is 30.5 Å². The highest BCUT2D eigenvalue weighted by Crippen LogP contribution is 2.31. The van der Waals surface area contributed by atoms with Crippen LogP contribution in [0.3, 0.4) is 0 Å². The van der Waals surface area contributed by atoms with Crippen molar-refractivity contribution in [2.45, 2.75) is 38.2 Å². The molecule has 0 radical (unpaired) electrons. The summed E-state index contributed by atoms with van der Waals surface area (Å²) < 4.78 is 31.7. The first-order valence-corrected chi connectivity index (χ1v) is 7.87. The molecule has 3 atom stereocenters. The Morgan fingerprint density at radius 2 is 1.83 bits per heavy atom. The number of carboxylic acids is 1. The third-order valence-corrected chi connectivity index (χ3v) is 4.42. The van der Waals surface area contributed by atoms with Crippen molar-refractivity contribution in [3.63, 3.8) is 0 Å². The fourth-order valence-electron chi connectivity index (χ4n) is 3.03. The van der Waals surface area contributed by atoms with Gasteiger partial charge >= 0.3 is 5.97 Å². The van der Waals surface area contributed by atoms with Crippen molar-refractivity contribution >= 4 is 11.9 Å². The Kier molecular flexibility index (Phi) is 6.11. The zero-order valence-corrected chi connectivity index (χ0v) is 13.4. The smallest absolute Gasteiger partial charge is 0.306 e. The summed E-state index contributed by atoms with van der Waals surface area (Å²) in [6.45, 7) is 0. The van der Waals surface area contributed by atoms with Crippen LogP contribution in [0.15, 0.2) is 24.3 Å². The van der Waals surface area contributed by atoms with Gasteiger partial charge in [0.05, 0.1) is 13.0 Å². The lowest BCUT2D eigenvalue weighted by atomic mass is 9.81. The van der Waals surface area contributed by atoms with Crippen molar-refractivity contribution < 1.29 is 28.2 Å². The van der Waals surface area contributed by atoms with Crippen molar-refractivity contribution in [2.24, 2.45) is 11.8 Å². The highest BCUT2D eigenvalue weighted by Gasteiger charge is 2.33. The molecule has 132 valence electrons. The Balaban J connectivity index is 2.06. The summed E-state index contributed by atoms with van der Waals surface area (Å²) in [6, 6.07) is 4.65. The molecule has 1 aliphatic rings. The summed E-state index contributed by atoms with van der Waals surface area (Å²) in [7, 11) is 1.48. The summed E-state index contributed by atoms with van der Waals surface area (Å²) in [6.07, 6.45) is -0.915. The summed E-state index contributed by atoms with van der Waals surface area (Å²) in [5.41, 5.74) is 0.282. The van der Waals surface area contributed by atoms with Gasteiger partial charge in [0.15, 0.2) is 0 Å². The second-order valence-electron chi connectivity index (χ2n) is 5.99. The molecule has 1 fully saturated rings. The first-order valence-electron chi connectivity index (χ1n) is 7.87. The lowest BCUT2D eigenvalue weighted by molar-refractivity contribution is -0.144. The summed E-state index contributed by atoms with van der Waals surface area (Å²) in [5.74, 6) is -2.04. The number of benzene rings is 1. The molecular weight excluding hydrogens is 320 g/mol. The molecule has 7 heteroatoms. The van der Waals surface area contributed by atoms with Gasteiger partial charge in [0.25, 0.3) is 6.43 Å². The number of amides is 1. The molecule has 0 aliphatic heterocycles. The Morgan fingerprint density at radius 3 is 2.38 bits per heavy atom. The van der Waals surface area contributed by atoms with Crippen LogP contribution in [0.5, 0.6) is 5.75 Å². The number of alkyl halides is 2. The van der Waals surface area contributed by atoms with E-state index >= 15 is 0 Å². The molecule has 1 unspecified atom stereocenters. The zero-order chi connectivity index (χ0) is 17.7. The van der Waals surface area contributed by atoms with Crippen LogP contribution in [0.4, 0.5) is 8.78 Å². The van der Waals surface area contributed by atoms with E-state index in [1.54, 1.807) is 12.1 Å². The van der Waals surface area contributed by atoms with Crippen molar-refractivity contribution in [2.75, 3.05) is 7.11 Å². The predicted molar refractivity (Wildman–Crippen MR) is 83.0 cm³/mol. The van der Waals surface area contributed by atoms with Gasteiger partial charge in [-0.2, -0.15) is 0 Å². The molecule has 0 heterocycles. The lowest BCUT2D eigenvalue weighted by Gasteiger charge is -2.28. The third kappa shape index (κ3) is 4.43. The van der Waals surface area contributed by atoms with Crippen molar-refractivity contribution in [1.82, 2.24) is 5.32 Å². The minimum absolute atomic E-state index is 0.194. The topological polar surface area (TPSA) is 75.6 Å². The number of hydrogen-bond acceptors (Lipinski definition) is 3. The van der Waals surface area contributed by atoms with Crippen LogP contribution in [0.2, 0.25) is 0 Å². The maximum atomic E-state index is 13.4.